The zero-order valence-corrected chi connectivity index (χ0v) is 12.8. The van der Waals surface area contributed by atoms with Gasteiger partial charge in [0.15, 0.2) is 0 Å². The summed E-state index contributed by atoms with van der Waals surface area (Å²) in [6.45, 7) is 2.47. The van der Waals surface area contributed by atoms with E-state index < -0.39 is 12.0 Å². The summed E-state index contributed by atoms with van der Waals surface area (Å²) < 4.78 is 0. The Bertz CT molecular complexity index is 495. The highest BCUT2D eigenvalue weighted by atomic mass is 32.2. The maximum atomic E-state index is 12.3. The van der Waals surface area contributed by atoms with Crippen molar-refractivity contribution in [2.75, 3.05) is 12.3 Å². The zero-order valence-electron chi connectivity index (χ0n) is 12.0. The van der Waals surface area contributed by atoms with Gasteiger partial charge in [0, 0.05) is 12.3 Å². The molecular weight excluding hydrogens is 288 g/mol. The third-order valence-corrected chi connectivity index (χ3v) is 4.95. The topological polar surface area (TPSA) is 69.6 Å². The summed E-state index contributed by atoms with van der Waals surface area (Å²) in [5.41, 5.74) is 1.15. The van der Waals surface area contributed by atoms with Gasteiger partial charge in [-0.15, -0.1) is 11.8 Å². The van der Waals surface area contributed by atoms with Crippen molar-refractivity contribution in [2.24, 2.45) is 0 Å². The molecular formula is C15H20N2O3S. The molecule has 2 amide bonds. The summed E-state index contributed by atoms with van der Waals surface area (Å²) in [6, 6.07) is 8.88. The lowest BCUT2D eigenvalue weighted by molar-refractivity contribution is -0.141. The number of hydrogen-bond acceptors (Lipinski definition) is 3. The minimum atomic E-state index is -0.934. The number of nitrogens with one attached hydrogen (secondary N) is 1. The van der Waals surface area contributed by atoms with Crippen LogP contribution in [0.3, 0.4) is 0 Å². The lowest BCUT2D eigenvalue weighted by Gasteiger charge is -2.26. The maximum Gasteiger partial charge on any atom is 0.327 e. The Kier molecular flexibility index (Phi) is 5.50. The number of thioether (sulfide) groups is 1. The second-order valence-electron chi connectivity index (χ2n) is 4.93. The van der Waals surface area contributed by atoms with E-state index in [0.717, 1.165) is 18.4 Å². The van der Waals surface area contributed by atoms with E-state index >= 15 is 0 Å². The molecule has 1 heterocycles. The van der Waals surface area contributed by atoms with Gasteiger partial charge in [0.2, 0.25) is 0 Å². The van der Waals surface area contributed by atoms with E-state index in [1.54, 1.807) is 0 Å². The molecule has 0 saturated carbocycles. The van der Waals surface area contributed by atoms with Gasteiger partial charge in [0.05, 0.1) is 5.37 Å². The molecule has 0 aliphatic carbocycles. The fourth-order valence-corrected chi connectivity index (χ4v) is 3.74. The summed E-state index contributed by atoms with van der Waals surface area (Å²) in [7, 11) is 0. The van der Waals surface area contributed by atoms with Crippen LogP contribution in [0, 0.1) is 0 Å². The zero-order chi connectivity index (χ0) is 15.2. The molecule has 2 rings (SSSR count). The molecule has 2 N–H and O–H groups in total. The summed E-state index contributed by atoms with van der Waals surface area (Å²) >= 11 is 1.53. The van der Waals surface area contributed by atoms with Crippen molar-refractivity contribution in [1.29, 1.82) is 0 Å². The number of carboxylic acids is 1. The molecule has 21 heavy (non-hydrogen) atoms. The van der Waals surface area contributed by atoms with E-state index in [1.807, 2.05) is 37.3 Å². The number of nitrogens with zero attached hydrogens (tertiary/aromatic N) is 1. The third kappa shape index (κ3) is 3.91. The maximum absolute atomic E-state index is 12.3. The molecule has 6 heteroatoms. The SMILES string of the molecule is CCC1SCC(C(=O)O)N1C(=O)NCCc1ccccc1. The van der Waals surface area contributed by atoms with Crippen LogP contribution in [0.15, 0.2) is 30.3 Å². The highest BCUT2D eigenvalue weighted by Gasteiger charge is 2.40. The largest absolute Gasteiger partial charge is 0.480 e. The molecule has 1 aromatic rings. The first-order valence-electron chi connectivity index (χ1n) is 7.08. The number of carboxylic acid groups (broad SMARTS) is 1. The number of amides is 2. The highest BCUT2D eigenvalue weighted by Crippen LogP contribution is 2.31. The smallest absolute Gasteiger partial charge is 0.327 e. The molecule has 0 bridgehead atoms. The number of urea groups is 1. The van der Waals surface area contributed by atoms with Crippen LogP contribution in [0.4, 0.5) is 4.79 Å². The third-order valence-electron chi connectivity index (χ3n) is 3.49. The molecule has 2 unspecified atom stereocenters. The molecule has 1 fully saturated rings. The summed E-state index contributed by atoms with van der Waals surface area (Å²) in [5, 5.41) is 12.0. The van der Waals surface area contributed by atoms with E-state index in [9.17, 15) is 14.7 Å². The Labute approximate surface area is 128 Å². The van der Waals surface area contributed by atoms with Gasteiger partial charge < -0.3 is 10.4 Å². The predicted molar refractivity (Wildman–Crippen MR) is 83.3 cm³/mol. The van der Waals surface area contributed by atoms with Gasteiger partial charge in [0.1, 0.15) is 6.04 Å². The van der Waals surface area contributed by atoms with Crippen LogP contribution in [0.2, 0.25) is 0 Å². The molecule has 5 nitrogen and oxygen atoms in total. The van der Waals surface area contributed by atoms with Gasteiger partial charge >= 0.3 is 12.0 Å². The van der Waals surface area contributed by atoms with Crippen LogP contribution in [-0.2, 0) is 11.2 Å². The number of benzene rings is 1. The molecule has 114 valence electrons. The monoisotopic (exact) mass is 308 g/mol. The van der Waals surface area contributed by atoms with Crippen molar-refractivity contribution in [3.63, 3.8) is 0 Å². The number of hydrogen-bond donors (Lipinski definition) is 2. The van der Waals surface area contributed by atoms with Gasteiger partial charge in [0.25, 0.3) is 0 Å². The lowest BCUT2D eigenvalue weighted by Crippen LogP contribution is -2.50. The van der Waals surface area contributed by atoms with Crippen molar-refractivity contribution in [1.82, 2.24) is 10.2 Å². The van der Waals surface area contributed by atoms with Crippen LogP contribution in [0.25, 0.3) is 0 Å². The van der Waals surface area contributed by atoms with E-state index in [-0.39, 0.29) is 11.4 Å². The van der Waals surface area contributed by atoms with Crippen molar-refractivity contribution in [3.8, 4) is 0 Å². The number of carbonyl (C=O) groups is 2. The minimum absolute atomic E-state index is 0.0529. The first-order chi connectivity index (χ1) is 10.1. The molecule has 1 aliphatic rings. The Hall–Kier alpha value is -1.69. The van der Waals surface area contributed by atoms with Gasteiger partial charge in [-0.2, -0.15) is 0 Å². The van der Waals surface area contributed by atoms with Crippen LogP contribution in [0.5, 0.6) is 0 Å². The van der Waals surface area contributed by atoms with Crippen molar-refractivity contribution in [2.45, 2.75) is 31.2 Å². The quantitative estimate of drug-likeness (QED) is 0.875. The Balaban J connectivity index is 1.90. The van der Waals surface area contributed by atoms with Crippen LogP contribution in [-0.4, -0.2) is 45.7 Å². The van der Waals surface area contributed by atoms with Gasteiger partial charge in [-0.3, -0.25) is 4.90 Å². The van der Waals surface area contributed by atoms with Gasteiger partial charge in [-0.1, -0.05) is 37.3 Å². The van der Waals surface area contributed by atoms with E-state index in [1.165, 1.54) is 16.7 Å². The lowest BCUT2D eigenvalue weighted by atomic mass is 10.1. The Morgan fingerprint density at radius 3 is 2.71 bits per heavy atom. The number of aliphatic carboxylic acids is 1. The molecule has 1 saturated heterocycles. The summed E-state index contributed by atoms with van der Waals surface area (Å²) in [5.74, 6) is -0.475. The standard InChI is InChI=1S/C15H20N2O3S/c1-2-13-17(12(10-21-13)14(18)19)15(20)16-9-8-11-6-4-3-5-7-11/h3-7,12-13H,2,8-10H2,1H3,(H,16,20)(H,18,19). The van der Waals surface area contributed by atoms with Crippen molar-refractivity contribution >= 4 is 23.8 Å². The van der Waals surface area contributed by atoms with Gasteiger partial charge in [-0.05, 0) is 18.4 Å². The van der Waals surface area contributed by atoms with E-state index in [2.05, 4.69) is 5.32 Å². The average Bonchev–Trinajstić information content (AvgIpc) is 2.92. The van der Waals surface area contributed by atoms with Gasteiger partial charge in [-0.25, -0.2) is 9.59 Å². The van der Waals surface area contributed by atoms with Crippen LogP contribution < -0.4 is 5.32 Å². The molecule has 0 spiro atoms. The first-order valence-corrected chi connectivity index (χ1v) is 8.13. The fourth-order valence-electron chi connectivity index (χ4n) is 2.39. The minimum Gasteiger partial charge on any atom is -0.480 e. The molecule has 0 aromatic heterocycles. The summed E-state index contributed by atoms with van der Waals surface area (Å²) in [6.07, 6.45) is 1.49. The predicted octanol–water partition coefficient (Wildman–Crippen LogP) is 2.18. The van der Waals surface area contributed by atoms with Crippen LogP contribution >= 0.6 is 11.8 Å². The summed E-state index contributed by atoms with van der Waals surface area (Å²) in [4.78, 5) is 25.0. The number of rotatable bonds is 5. The molecule has 1 aromatic carbocycles. The first kappa shape index (κ1) is 15.7. The highest BCUT2D eigenvalue weighted by molar-refractivity contribution is 8.00. The Morgan fingerprint density at radius 1 is 1.38 bits per heavy atom. The normalized spacial score (nSPS) is 21.3. The molecule has 0 radical (unpaired) electrons. The van der Waals surface area contributed by atoms with Crippen LogP contribution in [0.1, 0.15) is 18.9 Å². The Morgan fingerprint density at radius 2 is 2.10 bits per heavy atom. The number of carbonyl (C=O) groups excluding carboxylic acids is 1. The van der Waals surface area contributed by atoms with E-state index in [0.29, 0.717) is 12.3 Å². The fraction of sp³-hybridized carbons (Fsp3) is 0.467. The molecule has 1 aliphatic heterocycles. The second-order valence-corrected chi connectivity index (χ2v) is 6.14. The molecule has 2 atom stereocenters. The van der Waals surface area contributed by atoms with Crippen molar-refractivity contribution < 1.29 is 14.7 Å². The van der Waals surface area contributed by atoms with E-state index in [4.69, 9.17) is 0 Å². The van der Waals surface area contributed by atoms with Crippen molar-refractivity contribution in [3.05, 3.63) is 35.9 Å². The second kappa shape index (κ2) is 7.36. The average molecular weight is 308 g/mol.